The van der Waals surface area contributed by atoms with Gasteiger partial charge in [-0.2, -0.15) is 5.10 Å². The summed E-state index contributed by atoms with van der Waals surface area (Å²) in [5.41, 5.74) is 2.28. The van der Waals surface area contributed by atoms with Gasteiger partial charge in [0.2, 0.25) is 0 Å². The number of halogens is 1. The molecule has 186 valence electrons. The molecule has 2 aromatic heterocycles. The van der Waals surface area contributed by atoms with E-state index in [-0.39, 0.29) is 23.0 Å². The second-order valence-corrected chi connectivity index (χ2v) is 9.27. The van der Waals surface area contributed by atoms with Crippen molar-refractivity contribution in [1.82, 2.24) is 19.3 Å². The highest BCUT2D eigenvalue weighted by atomic mass is 19.1. The number of aryl methyl sites for hydroxylation is 1. The van der Waals surface area contributed by atoms with Crippen LogP contribution in [0.5, 0.6) is 0 Å². The Morgan fingerprint density at radius 2 is 2.08 bits per heavy atom. The standard InChI is InChI=1S/C28H25FN6O2/c1-18-14-26(35(33-18)22-5-3-4-21(16-22)30-2)28(37)32-24-15-20(9-10-23(24)29)25(11-8-19-6-7-19)34-13-12-31-17-27(34)36/h3-5,9-10,12-17,19,25H,6-8,11H2,1H3,(H,32,37). The Balaban J connectivity index is 1.46. The van der Waals surface area contributed by atoms with Crippen LogP contribution in [0, 0.1) is 25.2 Å². The molecule has 1 amide bonds. The second-order valence-electron chi connectivity index (χ2n) is 9.27. The molecular weight excluding hydrogens is 471 g/mol. The van der Waals surface area contributed by atoms with Crippen LogP contribution in [0.3, 0.4) is 0 Å². The van der Waals surface area contributed by atoms with Crippen LogP contribution in [0.1, 0.15) is 53.5 Å². The molecule has 1 atom stereocenters. The van der Waals surface area contributed by atoms with Crippen molar-refractivity contribution in [2.45, 2.75) is 38.6 Å². The lowest BCUT2D eigenvalue weighted by Crippen LogP contribution is -2.25. The first-order valence-electron chi connectivity index (χ1n) is 12.1. The smallest absolute Gasteiger partial charge is 0.274 e. The lowest BCUT2D eigenvalue weighted by molar-refractivity contribution is 0.101. The number of hydrogen-bond acceptors (Lipinski definition) is 4. The van der Waals surface area contributed by atoms with E-state index in [0.717, 1.165) is 18.4 Å². The summed E-state index contributed by atoms with van der Waals surface area (Å²) >= 11 is 0. The SMILES string of the molecule is [C-]#[N+]c1cccc(-n2nc(C)cc2C(=O)Nc2cc(C(CCC3CC3)n3ccncc3=O)ccc2F)c1. The molecule has 1 aliphatic rings. The van der Waals surface area contributed by atoms with E-state index in [4.69, 9.17) is 6.57 Å². The van der Waals surface area contributed by atoms with Crippen LogP contribution in [-0.4, -0.2) is 25.2 Å². The predicted octanol–water partition coefficient (Wildman–Crippen LogP) is 5.46. The highest BCUT2D eigenvalue weighted by Crippen LogP contribution is 2.37. The molecule has 1 unspecified atom stereocenters. The molecule has 1 saturated carbocycles. The largest absolute Gasteiger partial charge is 0.318 e. The fraction of sp³-hybridized carbons (Fsp3) is 0.250. The van der Waals surface area contributed by atoms with Crippen molar-refractivity contribution in [3.8, 4) is 5.69 Å². The number of carbonyl (C=O) groups excluding carboxylic acids is 1. The highest BCUT2D eigenvalue weighted by Gasteiger charge is 2.25. The maximum absolute atomic E-state index is 14.9. The Hall–Kier alpha value is -4.58. The number of rotatable bonds is 8. The first-order chi connectivity index (χ1) is 17.9. The second kappa shape index (κ2) is 10.2. The Labute approximate surface area is 213 Å². The predicted molar refractivity (Wildman–Crippen MR) is 138 cm³/mol. The van der Waals surface area contributed by atoms with Crippen LogP contribution in [0.2, 0.25) is 0 Å². The highest BCUT2D eigenvalue weighted by molar-refractivity contribution is 6.03. The lowest BCUT2D eigenvalue weighted by Gasteiger charge is -2.21. The Kier molecular flexibility index (Phi) is 6.64. The Morgan fingerprint density at radius 1 is 1.24 bits per heavy atom. The van der Waals surface area contributed by atoms with Crippen molar-refractivity contribution in [2.24, 2.45) is 5.92 Å². The molecule has 1 fully saturated rings. The number of amides is 1. The maximum atomic E-state index is 14.9. The summed E-state index contributed by atoms with van der Waals surface area (Å²) in [5.74, 6) is -0.470. The normalized spacial score (nSPS) is 13.6. The van der Waals surface area contributed by atoms with Crippen LogP contribution in [0.15, 0.2) is 71.9 Å². The summed E-state index contributed by atoms with van der Waals surface area (Å²) in [4.78, 5) is 33.2. The molecule has 0 saturated heterocycles. The first-order valence-corrected chi connectivity index (χ1v) is 12.1. The molecule has 5 rings (SSSR count). The van der Waals surface area contributed by atoms with Gasteiger partial charge in [0.15, 0.2) is 5.69 Å². The molecule has 8 nitrogen and oxygen atoms in total. The van der Waals surface area contributed by atoms with Crippen molar-refractivity contribution in [3.63, 3.8) is 0 Å². The molecule has 1 N–H and O–H groups in total. The van der Waals surface area contributed by atoms with E-state index >= 15 is 0 Å². The molecule has 2 aromatic carbocycles. The van der Waals surface area contributed by atoms with Gasteiger partial charge in [-0.3, -0.25) is 14.6 Å². The first kappa shape index (κ1) is 24.1. The fourth-order valence-electron chi connectivity index (χ4n) is 4.47. The van der Waals surface area contributed by atoms with Gasteiger partial charge in [-0.05, 0) is 61.6 Å². The molecular formula is C28H25FN6O2. The molecule has 37 heavy (non-hydrogen) atoms. The maximum Gasteiger partial charge on any atom is 0.274 e. The zero-order chi connectivity index (χ0) is 25.9. The average Bonchev–Trinajstić information content (AvgIpc) is 3.65. The van der Waals surface area contributed by atoms with Crippen LogP contribution in [0.25, 0.3) is 10.5 Å². The Morgan fingerprint density at radius 3 is 2.84 bits per heavy atom. The summed E-state index contributed by atoms with van der Waals surface area (Å²) in [6.07, 6.45) is 8.52. The number of nitrogens with one attached hydrogen (secondary N) is 1. The number of hydrogen-bond donors (Lipinski definition) is 1. The fourth-order valence-corrected chi connectivity index (χ4v) is 4.47. The van der Waals surface area contributed by atoms with E-state index in [2.05, 4.69) is 20.2 Å². The van der Waals surface area contributed by atoms with E-state index in [9.17, 15) is 14.0 Å². The molecule has 9 heteroatoms. The molecule has 0 bridgehead atoms. The van der Waals surface area contributed by atoms with E-state index < -0.39 is 11.7 Å². The molecule has 2 heterocycles. The van der Waals surface area contributed by atoms with Crippen molar-refractivity contribution < 1.29 is 9.18 Å². The topological polar surface area (TPSA) is 86.2 Å². The van der Waals surface area contributed by atoms with Crippen molar-refractivity contribution in [2.75, 3.05) is 5.32 Å². The van der Waals surface area contributed by atoms with E-state index in [1.54, 1.807) is 66.3 Å². The number of anilines is 1. The van der Waals surface area contributed by atoms with E-state index in [1.807, 2.05) is 0 Å². The molecule has 4 aromatic rings. The third-order valence-electron chi connectivity index (χ3n) is 6.52. The summed E-state index contributed by atoms with van der Waals surface area (Å²) in [5, 5.41) is 7.08. The molecule has 0 radical (unpaired) electrons. The van der Waals surface area contributed by atoms with E-state index in [0.29, 0.717) is 23.0 Å². The lowest BCUT2D eigenvalue weighted by atomic mass is 9.99. The quantitative estimate of drug-likeness (QED) is 0.328. The average molecular weight is 497 g/mol. The number of benzene rings is 2. The van der Waals surface area contributed by atoms with Crippen molar-refractivity contribution in [3.05, 3.63) is 112 Å². The van der Waals surface area contributed by atoms with E-state index in [1.165, 1.54) is 29.8 Å². The summed E-state index contributed by atoms with van der Waals surface area (Å²) in [6.45, 7) is 9.01. The van der Waals surface area contributed by atoms with Crippen molar-refractivity contribution in [1.29, 1.82) is 0 Å². The summed E-state index contributed by atoms with van der Waals surface area (Å²) in [7, 11) is 0. The van der Waals surface area contributed by atoms with Crippen LogP contribution < -0.4 is 10.9 Å². The van der Waals surface area contributed by atoms with Crippen LogP contribution in [0.4, 0.5) is 15.8 Å². The van der Waals surface area contributed by atoms with Gasteiger partial charge in [0.1, 0.15) is 11.5 Å². The minimum Gasteiger partial charge on any atom is -0.318 e. The molecule has 0 aliphatic heterocycles. The van der Waals surface area contributed by atoms with Crippen molar-refractivity contribution >= 4 is 17.3 Å². The molecule has 0 spiro atoms. The zero-order valence-electron chi connectivity index (χ0n) is 20.3. The van der Waals surface area contributed by atoms with Gasteiger partial charge in [0, 0.05) is 12.4 Å². The minimum absolute atomic E-state index is 0.0151. The number of carbonyl (C=O) groups is 1. The third kappa shape index (κ3) is 5.33. The Bertz CT molecular complexity index is 1560. The zero-order valence-corrected chi connectivity index (χ0v) is 20.3. The van der Waals surface area contributed by atoms with Crippen LogP contribution in [-0.2, 0) is 0 Å². The number of nitrogens with zero attached hydrogens (tertiary/aromatic N) is 5. The summed E-state index contributed by atoms with van der Waals surface area (Å²) < 4.78 is 17.9. The third-order valence-corrected chi connectivity index (χ3v) is 6.52. The van der Waals surface area contributed by atoms with Gasteiger partial charge in [-0.25, -0.2) is 13.9 Å². The van der Waals surface area contributed by atoms with Gasteiger partial charge < -0.3 is 9.88 Å². The van der Waals surface area contributed by atoms with Crippen LogP contribution >= 0.6 is 0 Å². The minimum atomic E-state index is -0.585. The number of aromatic nitrogens is 4. The van der Waals surface area contributed by atoms with Gasteiger partial charge in [0.25, 0.3) is 11.5 Å². The van der Waals surface area contributed by atoms with Gasteiger partial charge >= 0.3 is 0 Å². The summed E-state index contributed by atoms with van der Waals surface area (Å²) in [6, 6.07) is 12.6. The van der Waals surface area contributed by atoms with Gasteiger partial charge in [-0.15, -0.1) is 0 Å². The van der Waals surface area contributed by atoms with Gasteiger partial charge in [-0.1, -0.05) is 31.0 Å². The monoisotopic (exact) mass is 496 g/mol. The van der Waals surface area contributed by atoms with Gasteiger partial charge in [0.05, 0.1) is 35.9 Å². The molecule has 1 aliphatic carbocycles.